The predicted octanol–water partition coefficient (Wildman–Crippen LogP) is 3.75. The lowest BCUT2D eigenvalue weighted by Crippen LogP contribution is -2.05. The van der Waals surface area contributed by atoms with E-state index in [0.29, 0.717) is 22.3 Å². The number of hydrogen-bond acceptors (Lipinski definition) is 3. The van der Waals surface area contributed by atoms with Crippen LogP contribution in [0.3, 0.4) is 0 Å². The van der Waals surface area contributed by atoms with Gasteiger partial charge in [-0.2, -0.15) is 0 Å². The van der Waals surface area contributed by atoms with Gasteiger partial charge in [-0.05, 0) is 29.8 Å². The van der Waals surface area contributed by atoms with E-state index in [4.69, 9.17) is 27.9 Å². The van der Waals surface area contributed by atoms with E-state index >= 15 is 0 Å². The van der Waals surface area contributed by atoms with Crippen LogP contribution in [0.4, 0.5) is 0 Å². The number of pyridine rings is 1. The second-order valence-corrected chi connectivity index (χ2v) is 5.44. The summed E-state index contributed by atoms with van der Waals surface area (Å²) in [5, 5.41) is 1.000. The van der Waals surface area contributed by atoms with Gasteiger partial charge in [-0.3, -0.25) is 4.79 Å². The maximum atomic E-state index is 12.3. The summed E-state index contributed by atoms with van der Waals surface area (Å²) in [5.74, 6) is 0.763. The average molecular weight is 308 g/mol. The number of halogens is 2. The largest absolute Gasteiger partial charge is 0.493 e. The molecule has 0 spiro atoms. The van der Waals surface area contributed by atoms with Gasteiger partial charge in [0.1, 0.15) is 10.9 Å². The van der Waals surface area contributed by atoms with Crippen LogP contribution >= 0.6 is 23.2 Å². The third kappa shape index (κ3) is 2.65. The summed E-state index contributed by atoms with van der Waals surface area (Å²) in [6.45, 7) is 0.638. The summed E-state index contributed by atoms with van der Waals surface area (Å²) >= 11 is 11.8. The smallest absolute Gasteiger partial charge is 0.168 e. The fourth-order valence-electron chi connectivity index (χ4n) is 2.29. The summed E-state index contributed by atoms with van der Waals surface area (Å²) in [6.07, 6.45) is 2.56. The number of benzene rings is 1. The Morgan fingerprint density at radius 1 is 1.30 bits per heavy atom. The molecule has 2 aromatic rings. The van der Waals surface area contributed by atoms with Crippen molar-refractivity contribution in [3.63, 3.8) is 0 Å². The molecule has 1 aromatic carbocycles. The lowest BCUT2D eigenvalue weighted by Gasteiger charge is -2.08. The maximum Gasteiger partial charge on any atom is 0.168 e. The molecule has 0 atom stereocenters. The van der Waals surface area contributed by atoms with E-state index in [1.165, 1.54) is 6.20 Å². The van der Waals surface area contributed by atoms with Crippen molar-refractivity contribution in [2.75, 3.05) is 6.61 Å². The van der Waals surface area contributed by atoms with Crippen LogP contribution in [0.25, 0.3) is 0 Å². The molecule has 102 valence electrons. The summed E-state index contributed by atoms with van der Waals surface area (Å²) in [4.78, 5) is 16.2. The van der Waals surface area contributed by atoms with E-state index in [-0.39, 0.29) is 12.2 Å². The van der Waals surface area contributed by atoms with Crippen molar-refractivity contribution >= 4 is 29.0 Å². The highest BCUT2D eigenvalue weighted by Crippen LogP contribution is 2.33. The van der Waals surface area contributed by atoms with Crippen LogP contribution in [0.5, 0.6) is 5.75 Å². The van der Waals surface area contributed by atoms with Gasteiger partial charge in [0.2, 0.25) is 0 Å². The van der Waals surface area contributed by atoms with E-state index in [1.54, 1.807) is 18.2 Å². The van der Waals surface area contributed by atoms with E-state index < -0.39 is 0 Å². The van der Waals surface area contributed by atoms with Gasteiger partial charge in [0.05, 0.1) is 6.61 Å². The second kappa shape index (κ2) is 5.43. The first-order valence-electron chi connectivity index (χ1n) is 6.22. The molecule has 3 nitrogen and oxygen atoms in total. The summed E-state index contributed by atoms with van der Waals surface area (Å²) in [5.41, 5.74) is 2.42. The average Bonchev–Trinajstić information content (AvgIpc) is 2.87. The fourth-order valence-corrected chi connectivity index (χ4v) is 2.67. The first-order chi connectivity index (χ1) is 9.63. The predicted molar refractivity (Wildman–Crippen MR) is 77.9 cm³/mol. The van der Waals surface area contributed by atoms with Crippen molar-refractivity contribution in [1.29, 1.82) is 0 Å². The van der Waals surface area contributed by atoms with Crippen LogP contribution < -0.4 is 4.74 Å². The molecule has 1 aliphatic heterocycles. The second-order valence-electron chi connectivity index (χ2n) is 4.62. The van der Waals surface area contributed by atoms with Gasteiger partial charge < -0.3 is 4.74 Å². The Morgan fingerprint density at radius 3 is 2.90 bits per heavy atom. The molecule has 20 heavy (non-hydrogen) atoms. The number of nitrogens with zero attached hydrogens (tertiary/aromatic N) is 1. The maximum absolute atomic E-state index is 12.3. The SMILES string of the molecule is O=C(Cc1cc(Cl)cc2c1OCC2)c1ccc(Cl)nc1. The van der Waals surface area contributed by atoms with Crippen LogP contribution in [0.2, 0.25) is 10.2 Å². The van der Waals surface area contributed by atoms with Crippen LogP contribution in [0, 0.1) is 0 Å². The Hall–Kier alpha value is -1.58. The van der Waals surface area contributed by atoms with Gasteiger partial charge in [-0.1, -0.05) is 23.2 Å². The van der Waals surface area contributed by atoms with Crippen LogP contribution in [0.15, 0.2) is 30.5 Å². The van der Waals surface area contributed by atoms with E-state index in [9.17, 15) is 4.79 Å². The Morgan fingerprint density at radius 2 is 2.15 bits per heavy atom. The van der Waals surface area contributed by atoms with E-state index in [2.05, 4.69) is 4.98 Å². The minimum atomic E-state index is -0.0332. The Kier molecular flexibility index (Phi) is 3.64. The van der Waals surface area contributed by atoms with Gasteiger partial charge in [0.15, 0.2) is 5.78 Å². The third-order valence-corrected chi connectivity index (χ3v) is 3.67. The number of ether oxygens (including phenoxy) is 1. The highest BCUT2D eigenvalue weighted by atomic mass is 35.5. The van der Waals surface area contributed by atoms with E-state index in [0.717, 1.165) is 23.3 Å². The number of carbonyl (C=O) groups excluding carboxylic acids is 1. The fraction of sp³-hybridized carbons (Fsp3) is 0.200. The third-order valence-electron chi connectivity index (χ3n) is 3.23. The summed E-state index contributed by atoms with van der Waals surface area (Å²) < 4.78 is 5.59. The van der Waals surface area contributed by atoms with Crippen molar-refractivity contribution in [1.82, 2.24) is 4.98 Å². The van der Waals surface area contributed by atoms with Crippen molar-refractivity contribution in [2.45, 2.75) is 12.8 Å². The molecule has 0 amide bonds. The first kappa shape index (κ1) is 13.4. The topological polar surface area (TPSA) is 39.2 Å². The molecule has 5 heteroatoms. The molecular formula is C15H11Cl2NO2. The molecule has 2 heterocycles. The molecule has 0 radical (unpaired) electrons. The molecule has 1 aromatic heterocycles. The Balaban J connectivity index is 1.88. The van der Waals surface area contributed by atoms with Crippen LogP contribution in [0.1, 0.15) is 21.5 Å². The zero-order valence-corrected chi connectivity index (χ0v) is 12.0. The van der Waals surface area contributed by atoms with Gasteiger partial charge in [0.25, 0.3) is 0 Å². The van der Waals surface area contributed by atoms with Gasteiger partial charge in [-0.25, -0.2) is 4.98 Å². The zero-order chi connectivity index (χ0) is 14.1. The molecule has 0 unspecified atom stereocenters. The molecule has 0 fully saturated rings. The van der Waals surface area contributed by atoms with Crippen LogP contribution in [-0.4, -0.2) is 17.4 Å². The minimum absolute atomic E-state index is 0.0332. The molecule has 0 aliphatic carbocycles. The number of Topliss-reactive ketones (excluding diaryl/α,β-unsaturated/α-hetero) is 1. The molecule has 1 aliphatic rings. The molecule has 0 saturated carbocycles. The lowest BCUT2D eigenvalue weighted by atomic mass is 10.0. The Labute approximate surface area is 126 Å². The standard InChI is InChI=1S/C15H11Cl2NO2/c16-12-5-9-3-4-20-15(9)11(6-12)7-13(19)10-1-2-14(17)18-8-10/h1-2,5-6,8H,3-4,7H2. The van der Waals surface area contributed by atoms with Gasteiger partial charge in [-0.15, -0.1) is 0 Å². The highest BCUT2D eigenvalue weighted by Gasteiger charge is 2.20. The number of rotatable bonds is 3. The Bertz CT molecular complexity index is 668. The van der Waals surface area contributed by atoms with Crippen molar-refractivity contribution in [3.05, 3.63) is 57.3 Å². The number of fused-ring (bicyclic) bond motifs is 1. The van der Waals surface area contributed by atoms with E-state index in [1.807, 2.05) is 6.07 Å². The molecular weight excluding hydrogens is 297 g/mol. The monoisotopic (exact) mass is 307 g/mol. The first-order valence-corrected chi connectivity index (χ1v) is 6.98. The number of carbonyl (C=O) groups is 1. The lowest BCUT2D eigenvalue weighted by molar-refractivity contribution is 0.0991. The van der Waals surface area contributed by atoms with Crippen molar-refractivity contribution < 1.29 is 9.53 Å². The minimum Gasteiger partial charge on any atom is -0.493 e. The van der Waals surface area contributed by atoms with Crippen molar-refractivity contribution in [2.24, 2.45) is 0 Å². The number of ketones is 1. The molecule has 0 saturated heterocycles. The van der Waals surface area contributed by atoms with Crippen molar-refractivity contribution in [3.8, 4) is 5.75 Å². The summed E-state index contributed by atoms with van der Waals surface area (Å²) in [6, 6.07) is 6.95. The molecule has 3 rings (SSSR count). The molecule has 0 N–H and O–H groups in total. The van der Waals surface area contributed by atoms with Gasteiger partial charge in [0, 0.05) is 35.2 Å². The van der Waals surface area contributed by atoms with Crippen LogP contribution in [-0.2, 0) is 12.8 Å². The molecule has 0 bridgehead atoms. The zero-order valence-electron chi connectivity index (χ0n) is 10.5. The van der Waals surface area contributed by atoms with Gasteiger partial charge >= 0.3 is 0 Å². The highest BCUT2D eigenvalue weighted by molar-refractivity contribution is 6.30. The number of hydrogen-bond donors (Lipinski definition) is 0. The quantitative estimate of drug-likeness (QED) is 0.640. The number of aromatic nitrogens is 1. The normalized spacial score (nSPS) is 12.9. The summed E-state index contributed by atoms with van der Waals surface area (Å²) in [7, 11) is 0.